The molecule has 0 aliphatic heterocycles. The smallest absolute Gasteiger partial charge is 0.131 e. The molecule has 0 radical (unpaired) electrons. The Hall–Kier alpha value is -1.68. The Morgan fingerprint density at radius 1 is 1.37 bits per heavy atom. The average Bonchev–Trinajstić information content (AvgIpc) is 2.75. The lowest BCUT2D eigenvalue weighted by Crippen LogP contribution is -2.23. The van der Waals surface area contributed by atoms with Gasteiger partial charge in [-0.2, -0.15) is 0 Å². The molecule has 1 aromatic heterocycles. The summed E-state index contributed by atoms with van der Waals surface area (Å²) in [5, 5.41) is 0. The van der Waals surface area contributed by atoms with E-state index < -0.39 is 0 Å². The summed E-state index contributed by atoms with van der Waals surface area (Å²) in [6.07, 6.45) is 3.46. The number of hydrogen-bond acceptors (Lipinski definition) is 3. The quantitative estimate of drug-likeness (QED) is 0.796. The molecule has 4 nitrogen and oxygen atoms in total. The van der Waals surface area contributed by atoms with Crippen molar-refractivity contribution >= 4 is 16.8 Å². The highest BCUT2D eigenvalue weighted by Gasteiger charge is 2.04. The van der Waals surface area contributed by atoms with E-state index in [1.54, 1.807) is 6.92 Å². The Kier molecular flexibility index (Phi) is 4.32. The van der Waals surface area contributed by atoms with E-state index in [9.17, 15) is 4.79 Å². The van der Waals surface area contributed by atoms with E-state index >= 15 is 0 Å². The number of nitrogens with zero attached hydrogens (tertiary/aromatic N) is 3. The van der Waals surface area contributed by atoms with Gasteiger partial charge in [0.25, 0.3) is 0 Å². The Bertz CT molecular complexity index is 574. The molecule has 0 aliphatic rings. The molecular weight excluding hydrogens is 238 g/mol. The first-order valence-corrected chi connectivity index (χ1v) is 6.64. The Morgan fingerprint density at radius 3 is 2.89 bits per heavy atom. The fourth-order valence-electron chi connectivity index (χ4n) is 2.12. The van der Waals surface area contributed by atoms with E-state index in [2.05, 4.69) is 35.1 Å². The van der Waals surface area contributed by atoms with E-state index in [1.165, 1.54) is 5.56 Å². The van der Waals surface area contributed by atoms with Crippen LogP contribution in [0.5, 0.6) is 0 Å². The molecule has 0 saturated carbocycles. The zero-order chi connectivity index (χ0) is 13.8. The molecule has 0 atom stereocenters. The van der Waals surface area contributed by atoms with E-state index in [-0.39, 0.29) is 5.78 Å². The molecule has 4 heteroatoms. The number of likely N-dealkylation sites (N-methyl/N-ethyl adjacent to an activating group) is 1. The normalized spacial score (nSPS) is 11.4. The Morgan fingerprint density at radius 2 is 2.16 bits per heavy atom. The van der Waals surface area contributed by atoms with Gasteiger partial charge < -0.3 is 9.47 Å². The monoisotopic (exact) mass is 259 g/mol. The van der Waals surface area contributed by atoms with Crippen LogP contribution < -0.4 is 0 Å². The van der Waals surface area contributed by atoms with Crippen LogP contribution >= 0.6 is 0 Å². The molecule has 2 aromatic rings. The predicted octanol–water partition coefficient (Wildman–Crippen LogP) is 2.03. The third-order valence-corrected chi connectivity index (χ3v) is 3.42. The average molecular weight is 259 g/mol. The SMILES string of the molecule is CC(=O)CCN(C)CCc1ccc2c(c1)ncn2C. The maximum atomic E-state index is 10.9. The van der Waals surface area contributed by atoms with Crippen molar-refractivity contribution < 1.29 is 4.79 Å². The number of benzene rings is 1. The number of aromatic nitrogens is 2. The van der Waals surface area contributed by atoms with Crippen molar-refractivity contribution in [2.45, 2.75) is 19.8 Å². The van der Waals surface area contributed by atoms with Gasteiger partial charge in [0.05, 0.1) is 17.4 Å². The van der Waals surface area contributed by atoms with E-state index in [1.807, 2.05) is 17.9 Å². The molecule has 0 amide bonds. The van der Waals surface area contributed by atoms with Crippen LogP contribution in [0, 0.1) is 0 Å². The molecule has 0 fully saturated rings. The molecule has 19 heavy (non-hydrogen) atoms. The van der Waals surface area contributed by atoms with Crippen molar-refractivity contribution in [2.24, 2.45) is 7.05 Å². The van der Waals surface area contributed by atoms with Crippen LogP contribution in [0.25, 0.3) is 11.0 Å². The summed E-state index contributed by atoms with van der Waals surface area (Å²) < 4.78 is 2.03. The zero-order valence-corrected chi connectivity index (χ0v) is 11.9. The number of carbonyl (C=O) groups is 1. The molecule has 0 N–H and O–H groups in total. The topological polar surface area (TPSA) is 38.1 Å². The number of hydrogen-bond donors (Lipinski definition) is 0. The van der Waals surface area contributed by atoms with Crippen molar-refractivity contribution in [1.29, 1.82) is 0 Å². The second-order valence-electron chi connectivity index (χ2n) is 5.18. The van der Waals surface area contributed by atoms with Gasteiger partial charge in [-0.25, -0.2) is 4.98 Å². The molecular formula is C15H21N3O. The molecule has 1 heterocycles. The summed E-state index contributed by atoms with van der Waals surface area (Å²) in [6, 6.07) is 6.42. The lowest BCUT2D eigenvalue weighted by molar-refractivity contribution is -0.117. The Labute approximate surface area is 114 Å². The number of ketones is 1. The van der Waals surface area contributed by atoms with Crippen LogP contribution in [0.4, 0.5) is 0 Å². The van der Waals surface area contributed by atoms with Crippen molar-refractivity contribution in [1.82, 2.24) is 14.5 Å². The van der Waals surface area contributed by atoms with Gasteiger partial charge in [-0.05, 0) is 38.1 Å². The van der Waals surface area contributed by atoms with Gasteiger partial charge in [-0.1, -0.05) is 6.07 Å². The number of rotatable bonds is 6. The lowest BCUT2D eigenvalue weighted by atomic mass is 10.1. The molecule has 0 saturated heterocycles. The maximum absolute atomic E-state index is 10.9. The molecule has 2 rings (SSSR count). The van der Waals surface area contributed by atoms with Crippen molar-refractivity contribution in [3.8, 4) is 0 Å². The minimum atomic E-state index is 0.252. The van der Waals surface area contributed by atoms with E-state index in [0.717, 1.165) is 30.5 Å². The van der Waals surface area contributed by atoms with Gasteiger partial charge >= 0.3 is 0 Å². The molecule has 0 spiro atoms. The molecule has 1 aromatic carbocycles. The van der Waals surface area contributed by atoms with Gasteiger partial charge in [-0.15, -0.1) is 0 Å². The summed E-state index contributed by atoms with van der Waals surface area (Å²) >= 11 is 0. The van der Waals surface area contributed by atoms with Gasteiger partial charge in [0.1, 0.15) is 5.78 Å². The number of imidazole rings is 1. The van der Waals surface area contributed by atoms with Crippen molar-refractivity contribution in [3.63, 3.8) is 0 Å². The zero-order valence-electron chi connectivity index (χ0n) is 11.9. The van der Waals surface area contributed by atoms with E-state index in [0.29, 0.717) is 6.42 Å². The second kappa shape index (κ2) is 5.97. The highest BCUT2D eigenvalue weighted by atomic mass is 16.1. The fraction of sp³-hybridized carbons (Fsp3) is 0.467. The minimum Gasteiger partial charge on any atom is -0.334 e. The van der Waals surface area contributed by atoms with E-state index in [4.69, 9.17) is 0 Å². The number of fused-ring (bicyclic) bond motifs is 1. The van der Waals surface area contributed by atoms with Gasteiger partial charge in [0.15, 0.2) is 0 Å². The van der Waals surface area contributed by atoms with Crippen LogP contribution in [0.15, 0.2) is 24.5 Å². The number of carbonyl (C=O) groups excluding carboxylic acids is 1. The molecule has 0 bridgehead atoms. The highest BCUT2D eigenvalue weighted by Crippen LogP contribution is 2.14. The number of Topliss-reactive ketones (excluding diaryl/α,β-unsaturated/α-hetero) is 1. The summed E-state index contributed by atoms with van der Waals surface area (Å²) in [6.45, 7) is 3.44. The predicted molar refractivity (Wildman–Crippen MR) is 77.2 cm³/mol. The Balaban J connectivity index is 1.92. The van der Waals surface area contributed by atoms with Crippen LogP contribution in [0.2, 0.25) is 0 Å². The van der Waals surface area contributed by atoms with Crippen LogP contribution in [0.3, 0.4) is 0 Å². The van der Waals surface area contributed by atoms with Crippen LogP contribution in [0.1, 0.15) is 18.9 Å². The fourth-order valence-corrected chi connectivity index (χ4v) is 2.12. The molecule has 0 aliphatic carbocycles. The van der Waals surface area contributed by atoms with Gasteiger partial charge in [0.2, 0.25) is 0 Å². The molecule has 0 unspecified atom stereocenters. The summed E-state index contributed by atoms with van der Waals surface area (Å²) in [7, 11) is 4.06. The largest absolute Gasteiger partial charge is 0.334 e. The summed E-state index contributed by atoms with van der Waals surface area (Å²) in [5.74, 6) is 0.252. The highest BCUT2D eigenvalue weighted by molar-refractivity contribution is 5.76. The first-order valence-electron chi connectivity index (χ1n) is 6.64. The maximum Gasteiger partial charge on any atom is 0.131 e. The summed E-state index contributed by atoms with van der Waals surface area (Å²) in [5.41, 5.74) is 3.50. The van der Waals surface area contributed by atoms with Crippen molar-refractivity contribution in [2.75, 3.05) is 20.1 Å². The standard InChI is InChI=1S/C15H21N3O/c1-12(19)6-8-17(2)9-7-13-4-5-15-14(10-13)16-11-18(15)3/h4-5,10-11H,6-9H2,1-3H3. The number of aryl methyl sites for hydroxylation is 1. The van der Waals surface area contributed by atoms with Gasteiger partial charge in [0, 0.05) is 26.6 Å². The van der Waals surface area contributed by atoms with Gasteiger partial charge in [-0.3, -0.25) is 4.79 Å². The third kappa shape index (κ3) is 3.64. The lowest BCUT2D eigenvalue weighted by Gasteiger charge is -2.15. The minimum absolute atomic E-state index is 0.252. The second-order valence-corrected chi connectivity index (χ2v) is 5.18. The summed E-state index contributed by atoms with van der Waals surface area (Å²) in [4.78, 5) is 17.5. The first kappa shape index (κ1) is 13.7. The van der Waals surface area contributed by atoms with Crippen LogP contribution in [-0.2, 0) is 18.3 Å². The van der Waals surface area contributed by atoms with Crippen molar-refractivity contribution in [3.05, 3.63) is 30.1 Å². The van der Waals surface area contributed by atoms with Crippen LogP contribution in [-0.4, -0.2) is 40.4 Å². The molecule has 102 valence electrons. The third-order valence-electron chi connectivity index (χ3n) is 3.42. The first-order chi connectivity index (χ1) is 9.06.